The number of aromatic nitrogens is 9. The number of fused-ring (bicyclic) bond motifs is 3. The molecule has 6 aromatic rings. The van der Waals surface area contributed by atoms with E-state index in [2.05, 4.69) is 57.0 Å². The van der Waals surface area contributed by atoms with Gasteiger partial charge in [-0.1, -0.05) is 189 Å². The van der Waals surface area contributed by atoms with Crippen molar-refractivity contribution >= 4 is 33.1 Å². The van der Waals surface area contributed by atoms with E-state index in [9.17, 15) is 0 Å². The topological polar surface area (TPSA) is 103 Å². The van der Waals surface area contributed by atoms with Crippen molar-refractivity contribution in [2.75, 3.05) is 0 Å². The predicted octanol–water partition coefficient (Wildman–Crippen LogP) is 14.4. The Bertz CT molecular complexity index is 2230. The summed E-state index contributed by atoms with van der Waals surface area (Å²) in [6, 6.07) is 15.9. The predicted molar refractivity (Wildman–Crippen MR) is 245 cm³/mol. The van der Waals surface area contributed by atoms with Gasteiger partial charge in [0.2, 0.25) is 0 Å². The van der Waals surface area contributed by atoms with E-state index in [-0.39, 0.29) is 0 Å². The van der Waals surface area contributed by atoms with E-state index < -0.39 is 0 Å². The van der Waals surface area contributed by atoms with Crippen molar-refractivity contribution in [3.05, 3.63) is 59.2 Å². The maximum atomic E-state index is 5.19. The molecule has 1 N–H and O–H groups in total. The van der Waals surface area contributed by atoms with E-state index in [1.165, 1.54) is 196 Å². The minimum absolute atomic E-state index is 0.310. The third kappa shape index (κ3) is 9.35. The number of nitrogens with zero attached hydrogens (tertiary/aromatic N) is 8. The molecule has 0 radical (unpaired) electrons. The first kappa shape index (κ1) is 41.2. The van der Waals surface area contributed by atoms with Crippen LogP contribution < -0.4 is 0 Å². The van der Waals surface area contributed by atoms with Crippen LogP contribution in [-0.2, 0) is 0 Å². The number of H-pyrrole nitrogens is 1. The molecule has 9 heteroatoms. The van der Waals surface area contributed by atoms with Crippen LogP contribution in [-0.4, -0.2) is 45.4 Å². The highest BCUT2D eigenvalue weighted by Gasteiger charge is 2.30. The molecule has 3 fully saturated rings. The molecule has 9 rings (SSSR count). The van der Waals surface area contributed by atoms with Crippen LogP contribution in [0.2, 0.25) is 0 Å². The monoisotopic (exact) mass is 810 g/mol. The van der Waals surface area contributed by atoms with Gasteiger partial charge in [-0.05, 0) is 85.6 Å². The van der Waals surface area contributed by atoms with E-state index in [0.717, 1.165) is 57.3 Å². The number of rotatable bonds is 5. The molecular weight excluding hydrogens is 739 g/mol. The van der Waals surface area contributed by atoms with Crippen LogP contribution in [0.1, 0.15) is 227 Å². The summed E-state index contributed by atoms with van der Waals surface area (Å²) in [5.74, 6) is 1.31. The first-order chi connectivity index (χ1) is 29.8. The Labute approximate surface area is 358 Å². The fourth-order valence-corrected chi connectivity index (χ4v) is 11.6. The van der Waals surface area contributed by atoms with Gasteiger partial charge in [-0.3, -0.25) is 0 Å². The minimum Gasteiger partial charge on any atom is -0.211 e. The van der Waals surface area contributed by atoms with Gasteiger partial charge in [0.1, 0.15) is 22.1 Å². The summed E-state index contributed by atoms with van der Waals surface area (Å²) in [5, 5.41) is 33.3. The summed E-state index contributed by atoms with van der Waals surface area (Å²) < 4.78 is 4.29. The largest absolute Gasteiger partial charge is 0.211 e. The van der Waals surface area contributed by atoms with Gasteiger partial charge in [0.05, 0.1) is 22.4 Å². The highest BCUT2D eigenvalue weighted by atomic mass is 15.5. The van der Waals surface area contributed by atoms with Crippen LogP contribution in [0.5, 0.6) is 0 Å². The molecule has 3 aliphatic rings. The minimum atomic E-state index is 0.310. The van der Waals surface area contributed by atoms with Crippen molar-refractivity contribution in [3.8, 4) is 11.4 Å². The smallest absolute Gasteiger partial charge is 0.118 e. The van der Waals surface area contributed by atoms with Gasteiger partial charge in [-0.25, -0.2) is 9.36 Å². The molecule has 3 saturated carbocycles. The molecule has 0 bridgehead atoms. The fourth-order valence-electron chi connectivity index (χ4n) is 11.6. The van der Waals surface area contributed by atoms with Gasteiger partial charge in [0, 0.05) is 5.56 Å². The third-order valence-electron chi connectivity index (χ3n) is 14.9. The first-order valence-electron chi connectivity index (χ1n) is 24.9. The second-order valence-electron chi connectivity index (χ2n) is 19.1. The lowest BCUT2D eigenvalue weighted by molar-refractivity contribution is 0.464. The molecule has 3 aromatic carbocycles. The summed E-state index contributed by atoms with van der Waals surface area (Å²) in [4.78, 5) is 0. The number of hydrogen-bond donors (Lipinski definition) is 1. The maximum Gasteiger partial charge on any atom is 0.118 e. The van der Waals surface area contributed by atoms with Crippen molar-refractivity contribution in [1.29, 1.82) is 0 Å². The van der Waals surface area contributed by atoms with Crippen LogP contribution in [0.15, 0.2) is 42.5 Å². The highest BCUT2D eigenvalue weighted by molar-refractivity contribution is 5.91. The zero-order valence-corrected chi connectivity index (χ0v) is 36.6. The first-order valence-corrected chi connectivity index (χ1v) is 24.9. The van der Waals surface area contributed by atoms with Crippen molar-refractivity contribution < 1.29 is 0 Å². The zero-order chi connectivity index (χ0) is 40.4. The van der Waals surface area contributed by atoms with E-state index in [4.69, 9.17) is 30.8 Å². The summed E-state index contributed by atoms with van der Waals surface area (Å²) >= 11 is 0. The lowest BCUT2D eigenvalue weighted by atomic mass is 9.85. The Hall–Kier alpha value is -4.14. The number of nitrogens with one attached hydrogen (secondary N) is 1. The molecule has 0 amide bonds. The van der Waals surface area contributed by atoms with E-state index >= 15 is 0 Å². The lowest BCUT2D eigenvalue weighted by Gasteiger charge is -2.24. The molecule has 3 aromatic heterocycles. The Kier molecular flexibility index (Phi) is 14.2. The van der Waals surface area contributed by atoms with E-state index in [0.29, 0.717) is 17.8 Å². The molecule has 9 nitrogen and oxygen atoms in total. The molecule has 0 aliphatic heterocycles. The molecule has 0 atom stereocenters. The van der Waals surface area contributed by atoms with Crippen molar-refractivity contribution in [3.63, 3.8) is 0 Å². The Morgan fingerprint density at radius 2 is 0.817 bits per heavy atom. The molecule has 0 saturated heterocycles. The van der Waals surface area contributed by atoms with Crippen LogP contribution >= 0.6 is 0 Å². The van der Waals surface area contributed by atoms with Gasteiger partial charge >= 0.3 is 0 Å². The second kappa shape index (κ2) is 20.6. The van der Waals surface area contributed by atoms with Gasteiger partial charge in [0.15, 0.2) is 0 Å². The highest BCUT2D eigenvalue weighted by Crippen LogP contribution is 2.43. The molecule has 0 spiro atoms. The zero-order valence-electron chi connectivity index (χ0n) is 36.6. The molecule has 60 heavy (non-hydrogen) atoms. The number of benzene rings is 3. The molecule has 0 unspecified atom stereocenters. The summed E-state index contributed by atoms with van der Waals surface area (Å²) in [6.45, 7) is 0. The van der Waals surface area contributed by atoms with E-state index in [1.54, 1.807) is 0 Å². The van der Waals surface area contributed by atoms with Gasteiger partial charge in [-0.2, -0.15) is 15.4 Å². The van der Waals surface area contributed by atoms with Crippen molar-refractivity contribution in [2.45, 2.75) is 210 Å². The van der Waals surface area contributed by atoms with Crippen LogP contribution in [0, 0.1) is 0 Å². The van der Waals surface area contributed by atoms with Gasteiger partial charge < -0.3 is 0 Å². The average molecular weight is 810 g/mol. The molecule has 3 heterocycles. The Balaban J connectivity index is 1.21. The standard InChI is InChI=1S/C51H71N9/c1-2-9-17-23-31-40(32-24-18-10-3-1)47-50-43(52-56-53-50)37-46(59-44-35-25-33-41(48(44)54-57-59)38-27-21-15-11-6-12-16-22-28-38)51(47)60-45-36-26-34-42(49(45)55-58-60)39-29-19-13-7-4-5-8-14-20-30-39/h25-26,33-40H,1-24,27-32H2,(H,52,53,56). The van der Waals surface area contributed by atoms with Gasteiger partial charge in [0.25, 0.3) is 0 Å². The maximum absolute atomic E-state index is 5.19. The second-order valence-corrected chi connectivity index (χ2v) is 19.1. The normalized spacial score (nSPS) is 20.5. The lowest BCUT2D eigenvalue weighted by Crippen LogP contribution is -2.14. The van der Waals surface area contributed by atoms with E-state index in [1.807, 2.05) is 0 Å². The third-order valence-corrected chi connectivity index (χ3v) is 14.9. The summed E-state index contributed by atoms with van der Waals surface area (Å²) in [7, 11) is 0. The van der Waals surface area contributed by atoms with Crippen LogP contribution in [0.4, 0.5) is 0 Å². The summed E-state index contributed by atoms with van der Waals surface area (Å²) in [5.41, 5.74) is 12.1. The average Bonchev–Trinajstić information content (AvgIpc) is 4.03. The summed E-state index contributed by atoms with van der Waals surface area (Å²) in [6.07, 6.45) is 39.0. The quantitative estimate of drug-likeness (QED) is 0.186. The van der Waals surface area contributed by atoms with Crippen molar-refractivity contribution in [2.24, 2.45) is 0 Å². The fraction of sp³-hybridized carbons (Fsp3) is 0.647. The van der Waals surface area contributed by atoms with Crippen LogP contribution in [0.25, 0.3) is 44.5 Å². The van der Waals surface area contributed by atoms with Crippen molar-refractivity contribution in [1.82, 2.24) is 45.4 Å². The Morgan fingerprint density at radius 1 is 0.417 bits per heavy atom. The number of hydrogen-bond acceptors (Lipinski definition) is 6. The SMILES string of the molecule is c1cc(C2CCCCCCCCC2)c2nnn(-c3cc4n[nH]nc4c(C4CCCCCCCCCCC4)c3-n3nnc4c(C5CCCCCCCCCC5)cccc43)c2c1. The molecular formula is C51H71N9. The molecule has 3 aliphatic carbocycles. The molecule has 320 valence electrons. The number of aromatic amines is 1. The van der Waals surface area contributed by atoms with Gasteiger partial charge in [-0.15, -0.1) is 10.2 Å². The van der Waals surface area contributed by atoms with Crippen LogP contribution in [0.3, 0.4) is 0 Å². The Morgan fingerprint density at radius 3 is 1.28 bits per heavy atom.